The quantitative estimate of drug-likeness (QED) is 0.570. The molecule has 5 heteroatoms. The Morgan fingerprint density at radius 3 is 2.70 bits per heavy atom. The number of guanidine groups is 1. The van der Waals surface area contributed by atoms with Gasteiger partial charge < -0.3 is 20.3 Å². The first kappa shape index (κ1) is 19.3. The number of nitrogens with one attached hydrogen (secondary N) is 2. The molecule has 23 heavy (non-hydrogen) atoms. The third kappa shape index (κ3) is 6.48. The molecule has 0 fully saturated rings. The zero-order valence-corrected chi connectivity index (χ0v) is 15.4. The Labute approximate surface area is 141 Å². The van der Waals surface area contributed by atoms with Crippen molar-refractivity contribution in [2.24, 2.45) is 4.99 Å². The van der Waals surface area contributed by atoms with Crippen LogP contribution in [0.5, 0.6) is 5.75 Å². The lowest BCUT2D eigenvalue weighted by atomic mass is 10.1. The van der Waals surface area contributed by atoms with Crippen molar-refractivity contribution in [2.75, 3.05) is 34.3 Å². The molecule has 0 radical (unpaired) electrons. The van der Waals surface area contributed by atoms with Crippen LogP contribution >= 0.6 is 0 Å². The number of ether oxygens (including phenoxy) is 1. The van der Waals surface area contributed by atoms with Gasteiger partial charge in [-0.2, -0.15) is 0 Å². The minimum Gasteiger partial charge on any atom is -0.496 e. The number of methoxy groups -OCH3 is 1. The molecule has 1 aromatic carbocycles. The Bertz CT molecular complexity index is 502. The van der Waals surface area contributed by atoms with Crippen LogP contribution in [-0.2, 0) is 6.54 Å². The van der Waals surface area contributed by atoms with Gasteiger partial charge in [0.1, 0.15) is 5.75 Å². The van der Waals surface area contributed by atoms with Crippen LogP contribution in [0.2, 0.25) is 0 Å². The van der Waals surface area contributed by atoms with Gasteiger partial charge in [0.15, 0.2) is 5.96 Å². The fourth-order valence-electron chi connectivity index (χ4n) is 2.28. The van der Waals surface area contributed by atoms with Crippen LogP contribution in [0.15, 0.2) is 23.2 Å². The van der Waals surface area contributed by atoms with E-state index in [0.717, 1.165) is 36.8 Å². The first-order chi connectivity index (χ1) is 11.0. The number of rotatable bonds is 8. The van der Waals surface area contributed by atoms with Crippen LogP contribution in [0.25, 0.3) is 0 Å². The van der Waals surface area contributed by atoms with Crippen molar-refractivity contribution in [1.82, 2.24) is 15.5 Å². The number of aliphatic imine (C=N–C) groups is 1. The number of aryl methyl sites for hydroxylation is 1. The fraction of sp³-hybridized carbons (Fsp3) is 0.611. The number of benzene rings is 1. The third-order valence-electron chi connectivity index (χ3n) is 4.21. The highest BCUT2D eigenvalue weighted by Crippen LogP contribution is 2.19. The molecule has 130 valence electrons. The molecule has 0 bridgehead atoms. The number of nitrogens with zero attached hydrogens (tertiary/aromatic N) is 2. The molecule has 0 spiro atoms. The van der Waals surface area contributed by atoms with Crippen LogP contribution in [0.4, 0.5) is 0 Å². The Morgan fingerprint density at radius 2 is 2.09 bits per heavy atom. The SMILES string of the molecule is CCC(C)N(C)CCNC(=NC)NCc1ccc(C)cc1OC. The molecule has 0 aliphatic carbocycles. The summed E-state index contributed by atoms with van der Waals surface area (Å²) in [4.78, 5) is 6.62. The van der Waals surface area contributed by atoms with Gasteiger partial charge in [0.25, 0.3) is 0 Å². The number of hydrogen-bond acceptors (Lipinski definition) is 3. The van der Waals surface area contributed by atoms with Gasteiger partial charge in [-0.25, -0.2) is 0 Å². The van der Waals surface area contributed by atoms with E-state index in [1.807, 2.05) is 6.07 Å². The van der Waals surface area contributed by atoms with Gasteiger partial charge in [0.2, 0.25) is 0 Å². The molecule has 1 atom stereocenters. The Morgan fingerprint density at radius 1 is 1.35 bits per heavy atom. The van der Waals surface area contributed by atoms with Gasteiger partial charge in [-0.15, -0.1) is 0 Å². The van der Waals surface area contributed by atoms with Crippen LogP contribution in [0.1, 0.15) is 31.4 Å². The van der Waals surface area contributed by atoms with Crippen LogP contribution < -0.4 is 15.4 Å². The second kappa shape index (κ2) is 10.1. The summed E-state index contributed by atoms with van der Waals surface area (Å²) in [7, 11) is 5.65. The van der Waals surface area contributed by atoms with Gasteiger partial charge in [0.05, 0.1) is 7.11 Å². The molecular weight excluding hydrogens is 288 g/mol. The normalized spacial score (nSPS) is 13.1. The predicted molar refractivity (Wildman–Crippen MR) is 98.3 cm³/mol. The maximum absolute atomic E-state index is 5.44. The summed E-state index contributed by atoms with van der Waals surface area (Å²) in [6.45, 7) is 9.06. The van der Waals surface area contributed by atoms with Gasteiger partial charge in [-0.1, -0.05) is 19.1 Å². The molecule has 1 unspecified atom stereocenters. The van der Waals surface area contributed by atoms with Crippen LogP contribution in [-0.4, -0.2) is 51.2 Å². The van der Waals surface area contributed by atoms with E-state index in [9.17, 15) is 0 Å². The summed E-state index contributed by atoms with van der Waals surface area (Å²) in [6, 6.07) is 6.83. The molecule has 1 rings (SSSR count). The van der Waals surface area contributed by atoms with Crippen molar-refractivity contribution in [3.63, 3.8) is 0 Å². The molecule has 0 aliphatic heterocycles. The van der Waals surface area contributed by atoms with E-state index in [4.69, 9.17) is 4.74 Å². The second-order valence-corrected chi connectivity index (χ2v) is 5.91. The highest BCUT2D eigenvalue weighted by Gasteiger charge is 2.07. The highest BCUT2D eigenvalue weighted by atomic mass is 16.5. The van der Waals surface area contributed by atoms with Gasteiger partial charge in [-0.05, 0) is 38.9 Å². The third-order valence-corrected chi connectivity index (χ3v) is 4.21. The summed E-state index contributed by atoms with van der Waals surface area (Å²) in [5.74, 6) is 1.72. The monoisotopic (exact) mass is 320 g/mol. The minimum absolute atomic E-state index is 0.601. The smallest absolute Gasteiger partial charge is 0.191 e. The fourth-order valence-corrected chi connectivity index (χ4v) is 2.28. The predicted octanol–water partition coefficient (Wildman–Crippen LogP) is 2.40. The van der Waals surface area contributed by atoms with Crippen molar-refractivity contribution < 1.29 is 4.74 Å². The largest absolute Gasteiger partial charge is 0.496 e. The summed E-state index contributed by atoms with van der Waals surface area (Å²) in [5, 5.41) is 6.69. The molecule has 0 heterocycles. The lowest BCUT2D eigenvalue weighted by Crippen LogP contribution is -2.42. The Hall–Kier alpha value is -1.75. The standard InChI is InChI=1S/C18H32N4O/c1-7-15(3)22(5)11-10-20-18(19-4)21-13-16-9-8-14(2)12-17(16)23-6/h8-9,12,15H,7,10-11,13H2,1-6H3,(H2,19,20,21). The average molecular weight is 320 g/mol. The first-order valence-corrected chi connectivity index (χ1v) is 8.30. The zero-order valence-electron chi connectivity index (χ0n) is 15.4. The molecule has 0 saturated carbocycles. The van der Waals surface area contributed by atoms with E-state index >= 15 is 0 Å². The van der Waals surface area contributed by atoms with Crippen LogP contribution in [0, 0.1) is 6.92 Å². The van der Waals surface area contributed by atoms with Crippen molar-refractivity contribution in [3.05, 3.63) is 29.3 Å². The molecule has 0 saturated heterocycles. The van der Waals surface area contributed by atoms with E-state index in [2.05, 4.69) is 60.5 Å². The summed E-state index contributed by atoms with van der Waals surface area (Å²) in [6.07, 6.45) is 1.16. The topological polar surface area (TPSA) is 48.9 Å². The van der Waals surface area contributed by atoms with Crippen molar-refractivity contribution in [3.8, 4) is 5.75 Å². The molecule has 1 aromatic rings. The lowest BCUT2D eigenvalue weighted by Gasteiger charge is -2.24. The summed E-state index contributed by atoms with van der Waals surface area (Å²) >= 11 is 0. The van der Waals surface area contributed by atoms with Gasteiger partial charge in [0, 0.05) is 38.3 Å². The minimum atomic E-state index is 0.601. The van der Waals surface area contributed by atoms with E-state index in [1.165, 1.54) is 5.56 Å². The summed E-state index contributed by atoms with van der Waals surface area (Å²) in [5.41, 5.74) is 2.32. The first-order valence-electron chi connectivity index (χ1n) is 8.30. The lowest BCUT2D eigenvalue weighted by molar-refractivity contribution is 0.255. The molecule has 0 aliphatic rings. The molecular formula is C18H32N4O. The van der Waals surface area contributed by atoms with Crippen LogP contribution in [0.3, 0.4) is 0 Å². The molecule has 2 N–H and O–H groups in total. The maximum Gasteiger partial charge on any atom is 0.191 e. The average Bonchev–Trinajstić information content (AvgIpc) is 2.57. The van der Waals surface area contributed by atoms with E-state index in [1.54, 1.807) is 14.2 Å². The van der Waals surface area contributed by atoms with Crippen molar-refractivity contribution >= 4 is 5.96 Å². The van der Waals surface area contributed by atoms with E-state index in [-0.39, 0.29) is 0 Å². The maximum atomic E-state index is 5.44. The van der Waals surface area contributed by atoms with Gasteiger partial charge in [-0.3, -0.25) is 4.99 Å². The zero-order chi connectivity index (χ0) is 17.2. The number of likely N-dealkylation sites (N-methyl/N-ethyl adjacent to an activating group) is 1. The van der Waals surface area contributed by atoms with E-state index < -0.39 is 0 Å². The van der Waals surface area contributed by atoms with Crippen molar-refractivity contribution in [1.29, 1.82) is 0 Å². The molecule has 0 amide bonds. The number of hydrogen-bond donors (Lipinski definition) is 2. The summed E-state index contributed by atoms with van der Waals surface area (Å²) < 4.78 is 5.44. The second-order valence-electron chi connectivity index (χ2n) is 5.91. The molecule has 5 nitrogen and oxygen atoms in total. The Balaban J connectivity index is 2.46. The highest BCUT2D eigenvalue weighted by molar-refractivity contribution is 5.79. The van der Waals surface area contributed by atoms with Gasteiger partial charge >= 0.3 is 0 Å². The Kier molecular flexibility index (Phi) is 8.48. The molecule has 0 aromatic heterocycles. The van der Waals surface area contributed by atoms with Crippen molar-refractivity contribution in [2.45, 2.75) is 39.8 Å². The van der Waals surface area contributed by atoms with E-state index in [0.29, 0.717) is 12.6 Å².